The molecule has 4 aliphatic rings. The van der Waals surface area contributed by atoms with E-state index in [2.05, 4.69) is 10.6 Å². The molecule has 2 heterocycles. The van der Waals surface area contributed by atoms with Gasteiger partial charge in [-0.2, -0.15) is 0 Å². The van der Waals surface area contributed by atoms with E-state index in [1.54, 1.807) is 42.7 Å². The van der Waals surface area contributed by atoms with E-state index in [4.69, 9.17) is 10.5 Å². The van der Waals surface area contributed by atoms with Gasteiger partial charge in [0.05, 0.1) is 30.3 Å². The molecule has 12 heteroatoms. The first-order valence-corrected chi connectivity index (χ1v) is 14.2. The zero-order chi connectivity index (χ0) is 30.3. The molecule has 5 N–H and O–H groups in total. The number of hydrogen-bond donors (Lipinski definition) is 4. The molecule has 1 atom stereocenters. The van der Waals surface area contributed by atoms with Crippen LogP contribution in [0.15, 0.2) is 24.3 Å². The number of nitrogens with one attached hydrogen (secondary N) is 2. The number of aliphatic hydroxyl groups excluding tert-OH is 1. The third kappa shape index (κ3) is 6.75. The molecule has 2 aliphatic carbocycles. The van der Waals surface area contributed by atoms with Crippen LogP contribution in [-0.4, -0.2) is 59.9 Å². The molecule has 10 nitrogen and oxygen atoms in total. The van der Waals surface area contributed by atoms with Crippen LogP contribution in [0.2, 0.25) is 0 Å². The lowest BCUT2D eigenvalue weighted by atomic mass is 10.1. The molecule has 2 fully saturated rings. The first-order chi connectivity index (χ1) is 19.8. The summed E-state index contributed by atoms with van der Waals surface area (Å²) in [5.41, 5.74) is 8.05. The summed E-state index contributed by atoms with van der Waals surface area (Å²) in [5, 5.41) is 15.4. The Morgan fingerprint density at radius 1 is 0.952 bits per heavy atom. The Hall–Kier alpha value is -3.93. The summed E-state index contributed by atoms with van der Waals surface area (Å²) in [6, 6.07) is 6.41. The smallest absolute Gasteiger partial charge is 0.407 e. The van der Waals surface area contributed by atoms with Crippen LogP contribution in [0.25, 0.3) is 0 Å². The molecule has 2 aliphatic heterocycles. The predicted octanol–water partition coefficient (Wildman–Crippen LogP) is 3.63. The van der Waals surface area contributed by atoms with Crippen molar-refractivity contribution < 1.29 is 33.0 Å². The van der Waals surface area contributed by atoms with Crippen molar-refractivity contribution in [2.75, 3.05) is 33.9 Å². The summed E-state index contributed by atoms with van der Waals surface area (Å²) < 4.78 is 33.3. The fourth-order valence-corrected chi connectivity index (χ4v) is 5.25. The molecular weight excluding hydrogens is 548 g/mol. The van der Waals surface area contributed by atoms with Crippen LogP contribution in [0.3, 0.4) is 0 Å². The molecule has 3 amide bonds. The highest BCUT2D eigenvalue weighted by Gasteiger charge is 2.41. The maximum absolute atomic E-state index is 14.5. The first-order valence-electron chi connectivity index (χ1n) is 14.2. The predicted molar refractivity (Wildman–Crippen MR) is 154 cm³/mol. The highest BCUT2D eigenvalue weighted by Crippen LogP contribution is 2.42. The normalized spacial score (nSPS) is 18.2. The van der Waals surface area contributed by atoms with Crippen molar-refractivity contribution in [1.82, 2.24) is 5.32 Å². The molecule has 226 valence electrons. The van der Waals surface area contributed by atoms with Crippen LogP contribution in [0.5, 0.6) is 0 Å². The zero-order valence-corrected chi connectivity index (χ0v) is 24.0. The van der Waals surface area contributed by atoms with Gasteiger partial charge in [0.2, 0.25) is 11.8 Å². The van der Waals surface area contributed by atoms with Crippen molar-refractivity contribution in [3.8, 4) is 0 Å². The lowest BCUT2D eigenvalue weighted by Crippen LogP contribution is -2.39. The van der Waals surface area contributed by atoms with Gasteiger partial charge in [0, 0.05) is 36.5 Å². The van der Waals surface area contributed by atoms with Crippen molar-refractivity contribution in [2.24, 2.45) is 0 Å². The summed E-state index contributed by atoms with van der Waals surface area (Å²) in [6.07, 6.45) is 2.80. The Bertz CT molecular complexity index is 1400. The van der Waals surface area contributed by atoms with Crippen LogP contribution in [-0.2, 0) is 27.2 Å². The van der Waals surface area contributed by atoms with Gasteiger partial charge in [-0.1, -0.05) is 0 Å². The number of carbonyl (C=O) groups excluding carboxylic acids is 3. The van der Waals surface area contributed by atoms with Crippen molar-refractivity contribution >= 4 is 40.7 Å². The second kappa shape index (κ2) is 11.4. The van der Waals surface area contributed by atoms with E-state index in [9.17, 15) is 28.3 Å². The monoisotopic (exact) mass is 585 g/mol. The van der Waals surface area contributed by atoms with Crippen LogP contribution in [0, 0.1) is 11.6 Å². The maximum atomic E-state index is 14.5. The minimum Gasteiger partial charge on any atom is -0.444 e. The van der Waals surface area contributed by atoms with Crippen molar-refractivity contribution in [2.45, 2.75) is 83.1 Å². The van der Waals surface area contributed by atoms with Gasteiger partial charge in [0.15, 0.2) is 0 Å². The SMILES string of the molecule is CC(C)(C)OC(=O)NC[C@H](O)CNc1cc(F)c2c(c1)CC(=O)N2C1CC1.Nc1cc(F)c2c(c1)CC(=O)N2C1CC1. The van der Waals surface area contributed by atoms with Crippen LogP contribution in [0.1, 0.15) is 57.6 Å². The Labute approximate surface area is 243 Å². The molecule has 0 aromatic heterocycles. The number of hydrogen-bond acceptors (Lipinski definition) is 7. The van der Waals surface area contributed by atoms with E-state index < -0.39 is 23.6 Å². The number of ether oxygens (including phenoxy) is 1. The molecule has 0 saturated heterocycles. The number of aliphatic hydroxyl groups is 1. The standard InChI is InChI=1S/C19H26FN3O4.C11H11FN2O/c1-19(2,3)27-18(26)22-10-14(24)9-21-12-6-11-7-16(25)23(13-4-5-13)17(11)15(20)8-12;12-9-5-7(13)3-6-4-10(15)14(11(6)9)8-1-2-8/h6,8,13-14,21,24H,4-5,7,9-10H2,1-3H3,(H,22,26);3,5,8H,1-2,4,13H2/t14-;/m1./s1. The minimum absolute atomic E-state index is 0.00278. The Balaban J connectivity index is 0.000000196. The van der Waals surface area contributed by atoms with Gasteiger partial charge >= 0.3 is 6.09 Å². The second-order valence-electron chi connectivity index (χ2n) is 12.2. The van der Waals surface area contributed by atoms with Crippen LogP contribution in [0.4, 0.5) is 36.3 Å². The summed E-state index contributed by atoms with van der Waals surface area (Å²) in [6.45, 7) is 5.38. The van der Waals surface area contributed by atoms with Gasteiger partial charge < -0.3 is 36.0 Å². The van der Waals surface area contributed by atoms with E-state index in [0.717, 1.165) is 31.2 Å². The Kier molecular flexibility index (Phi) is 8.02. The number of nitrogens with two attached hydrogens (primary N) is 1. The fraction of sp³-hybridized carbons (Fsp3) is 0.500. The van der Waals surface area contributed by atoms with Gasteiger partial charge in [0.1, 0.15) is 17.2 Å². The molecule has 6 rings (SSSR count). The highest BCUT2D eigenvalue weighted by molar-refractivity contribution is 6.03. The van der Waals surface area contributed by atoms with Crippen molar-refractivity contribution in [3.05, 3.63) is 47.0 Å². The molecule has 0 unspecified atom stereocenters. The highest BCUT2D eigenvalue weighted by atomic mass is 19.1. The van der Waals surface area contributed by atoms with Gasteiger partial charge in [0.25, 0.3) is 0 Å². The number of halogens is 2. The molecule has 0 spiro atoms. The molecule has 2 aromatic rings. The minimum atomic E-state index is -0.876. The van der Waals surface area contributed by atoms with Crippen molar-refractivity contribution in [3.63, 3.8) is 0 Å². The van der Waals surface area contributed by atoms with Gasteiger partial charge in [-0.15, -0.1) is 0 Å². The van der Waals surface area contributed by atoms with E-state index in [1.165, 1.54) is 12.1 Å². The summed E-state index contributed by atoms with van der Waals surface area (Å²) in [7, 11) is 0. The van der Waals surface area contributed by atoms with Gasteiger partial charge in [-0.05, 0) is 81.8 Å². The van der Waals surface area contributed by atoms with E-state index in [0.29, 0.717) is 28.3 Å². The third-order valence-corrected chi connectivity index (χ3v) is 7.26. The quantitative estimate of drug-likeness (QED) is 0.364. The summed E-state index contributed by atoms with van der Waals surface area (Å²) in [4.78, 5) is 38.6. The molecule has 2 saturated carbocycles. The average molecular weight is 586 g/mol. The second-order valence-corrected chi connectivity index (χ2v) is 12.2. The van der Waals surface area contributed by atoms with E-state index in [-0.39, 0.29) is 55.6 Å². The average Bonchev–Trinajstić information content (AvgIpc) is 3.81. The number of carbonyl (C=O) groups is 3. The topological polar surface area (TPSA) is 137 Å². The number of alkyl carbamates (subject to hydrolysis) is 1. The lowest BCUT2D eigenvalue weighted by molar-refractivity contribution is -0.118. The number of amides is 3. The van der Waals surface area contributed by atoms with E-state index >= 15 is 0 Å². The summed E-state index contributed by atoms with van der Waals surface area (Å²) in [5.74, 6) is -0.876. The number of nitrogens with zero attached hydrogens (tertiary/aromatic N) is 2. The molecule has 2 aromatic carbocycles. The van der Waals surface area contributed by atoms with Gasteiger partial charge in [-0.25, -0.2) is 13.6 Å². The van der Waals surface area contributed by atoms with Crippen LogP contribution < -0.4 is 26.2 Å². The molecule has 0 radical (unpaired) electrons. The number of nitrogen functional groups attached to an aromatic ring is 1. The third-order valence-electron chi connectivity index (χ3n) is 7.26. The molecule has 0 bridgehead atoms. The Morgan fingerprint density at radius 2 is 1.48 bits per heavy atom. The van der Waals surface area contributed by atoms with Crippen molar-refractivity contribution in [1.29, 1.82) is 0 Å². The number of anilines is 4. The largest absolute Gasteiger partial charge is 0.444 e. The Morgan fingerprint density at radius 3 is 2.00 bits per heavy atom. The van der Waals surface area contributed by atoms with Crippen LogP contribution >= 0.6 is 0 Å². The number of benzene rings is 2. The molecular formula is C30H37F2N5O5. The zero-order valence-electron chi connectivity index (χ0n) is 24.0. The fourth-order valence-electron chi connectivity index (χ4n) is 5.25. The first kappa shape index (κ1) is 29.6. The van der Waals surface area contributed by atoms with E-state index in [1.807, 2.05) is 0 Å². The maximum Gasteiger partial charge on any atom is 0.407 e. The summed E-state index contributed by atoms with van der Waals surface area (Å²) >= 11 is 0. The number of rotatable bonds is 7. The molecule has 42 heavy (non-hydrogen) atoms. The number of fused-ring (bicyclic) bond motifs is 2. The van der Waals surface area contributed by atoms with Gasteiger partial charge in [-0.3, -0.25) is 9.59 Å². The lowest BCUT2D eigenvalue weighted by Gasteiger charge is -2.21.